The molecule has 1 heterocycles. The number of benzene rings is 2. The smallest absolute Gasteiger partial charge is 0.338 e. The number of fused-ring (bicyclic) bond motifs is 1. The van der Waals surface area contributed by atoms with Crippen molar-refractivity contribution >= 4 is 29.5 Å². The van der Waals surface area contributed by atoms with Gasteiger partial charge in [-0.05, 0) is 50.0 Å². The molecule has 0 N–H and O–H groups in total. The summed E-state index contributed by atoms with van der Waals surface area (Å²) in [4.78, 5) is 27.3. The van der Waals surface area contributed by atoms with E-state index in [1.165, 1.54) is 25.3 Å². The fraction of sp³-hybridized carbons (Fsp3) is 0.464. The summed E-state index contributed by atoms with van der Waals surface area (Å²) in [5.41, 5.74) is 2.03. The molecule has 0 aromatic heterocycles. The lowest BCUT2D eigenvalue weighted by Gasteiger charge is -2.28. The quantitative estimate of drug-likeness (QED) is 0.223. The third-order valence-corrected chi connectivity index (χ3v) is 5.98. The molecule has 1 aliphatic rings. The van der Waals surface area contributed by atoms with Crippen LogP contribution in [0.3, 0.4) is 0 Å². The summed E-state index contributed by atoms with van der Waals surface area (Å²) >= 11 is 0. The summed E-state index contributed by atoms with van der Waals surface area (Å²) in [7, 11) is 5.29. The molecule has 0 atom stereocenters. The van der Waals surface area contributed by atoms with Crippen molar-refractivity contribution in [1.29, 1.82) is 0 Å². The zero-order valence-corrected chi connectivity index (χ0v) is 22.8. The van der Waals surface area contributed by atoms with Gasteiger partial charge in [0.25, 0.3) is 5.69 Å². The summed E-state index contributed by atoms with van der Waals surface area (Å²) in [6, 6.07) is 10.1. The first-order chi connectivity index (χ1) is 18.9. The van der Waals surface area contributed by atoms with Crippen molar-refractivity contribution in [1.82, 2.24) is 4.90 Å². The number of carbonyl (C=O) groups is 1. The molecule has 0 saturated heterocycles. The molecule has 0 saturated carbocycles. The number of rotatable bonds is 7. The third-order valence-electron chi connectivity index (χ3n) is 5.98. The summed E-state index contributed by atoms with van der Waals surface area (Å²) in [6.45, 7) is 5.61. The van der Waals surface area contributed by atoms with E-state index in [2.05, 4.69) is 14.5 Å². The number of methoxy groups -OCH3 is 1. The van der Waals surface area contributed by atoms with Crippen molar-refractivity contribution < 1.29 is 33.4 Å². The summed E-state index contributed by atoms with van der Waals surface area (Å²) < 4.78 is 27.7. The Labute approximate surface area is 229 Å². The minimum atomic E-state index is -0.631. The molecular weight excluding hydrogens is 506 g/mol. The van der Waals surface area contributed by atoms with Gasteiger partial charge in [-0.25, -0.2) is 4.79 Å². The van der Waals surface area contributed by atoms with Crippen LogP contribution in [0.2, 0.25) is 0 Å². The first-order valence-corrected chi connectivity index (χ1v) is 12.8. The second-order valence-electron chi connectivity index (χ2n) is 9.06. The van der Waals surface area contributed by atoms with E-state index in [0.29, 0.717) is 64.1 Å². The molecule has 0 fully saturated rings. The summed E-state index contributed by atoms with van der Waals surface area (Å²) in [5.74, 6) is 0.0505. The van der Waals surface area contributed by atoms with E-state index in [1.54, 1.807) is 12.2 Å². The highest BCUT2D eigenvalue weighted by molar-refractivity contribution is 5.91. The van der Waals surface area contributed by atoms with Crippen molar-refractivity contribution in [2.45, 2.75) is 0 Å². The molecule has 11 heteroatoms. The van der Waals surface area contributed by atoms with E-state index in [-0.39, 0.29) is 11.3 Å². The SMILES string of the molecule is COC(=O)c1ccc(/C=C/c2ccc3c(c2)OCCOCCOCCOCCN3CCN(C)C)c([N+](=O)[O-])c1. The van der Waals surface area contributed by atoms with Crippen molar-refractivity contribution in [2.75, 3.05) is 92.0 Å². The highest BCUT2D eigenvalue weighted by Crippen LogP contribution is 2.31. The Morgan fingerprint density at radius 2 is 1.69 bits per heavy atom. The number of likely N-dealkylation sites (N-methyl/N-ethyl adjacent to an activating group) is 1. The molecule has 0 aliphatic carbocycles. The van der Waals surface area contributed by atoms with Crippen LogP contribution >= 0.6 is 0 Å². The summed E-state index contributed by atoms with van der Waals surface area (Å²) in [5, 5.41) is 11.6. The van der Waals surface area contributed by atoms with E-state index in [1.807, 2.05) is 32.3 Å². The monoisotopic (exact) mass is 543 g/mol. The molecule has 39 heavy (non-hydrogen) atoms. The Morgan fingerprint density at radius 1 is 1.00 bits per heavy atom. The molecule has 0 unspecified atom stereocenters. The van der Waals surface area contributed by atoms with Gasteiger partial charge in [0.05, 0.1) is 68.5 Å². The zero-order chi connectivity index (χ0) is 28.0. The number of nitro groups is 1. The van der Waals surface area contributed by atoms with Gasteiger partial charge in [0, 0.05) is 25.7 Å². The first kappa shape index (κ1) is 30.0. The average molecular weight is 544 g/mol. The Morgan fingerprint density at radius 3 is 2.36 bits per heavy atom. The van der Waals surface area contributed by atoms with Gasteiger partial charge in [-0.3, -0.25) is 10.1 Å². The number of anilines is 1. The van der Waals surface area contributed by atoms with Crippen LogP contribution < -0.4 is 9.64 Å². The zero-order valence-electron chi connectivity index (χ0n) is 22.8. The number of hydrogen-bond donors (Lipinski definition) is 0. The Hall–Kier alpha value is -3.51. The molecule has 212 valence electrons. The molecule has 0 bridgehead atoms. The number of carbonyl (C=O) groups excluding carboxylic acids is 1. The van der Waals surface area contributed by atoms with E-state index < -0.39 is 10.9 Å². The lowest BCUT2D eigenvalue weighted by Crippen LogP contribution is -2.34. The fourth-order valence-corrected chi connectivity index (χ4v) is 3.89. The molecule has 0 spiro atoms. The number of nitrogens with zero attached hydrogens (tertiary/aromatic N) is 3. The number of hydrogen-bond acceptors (Lipinski definition) is 10. The van der Waals surface area contributed by atoms with Crippen LogP contribution in [0.1, 0.15) is 21.5 Å². The molecule has 1 aliphatic heterocycles. The Balaban J connectivity index is 1.89. The van der Waals surface area contributed by atoms with E-state index in [0.717, 1.165) is 24.3 Å². The normalized spacial score (nSPS) is 15.7. The van der Waals surface area contributed by atoms with Crippen LogP contribution in [-0.2, 0) is 18.9 Å². The molecule has 3 rings (SSSR count). The molecule has 0 amide bonds. The van der Waals surface area contributed by atoms with Crippen molar-refractivity contribution in [3.63, 3.8) is 0 Å². The first-order valence-electron chi connectivity index (χ1n) is 12.8. The highest BCUT2D eigenvalue weighted by atomic mass is 16.6. The molecule has 11 nitrogen and oxygen atoms in total. The van der Waals surface area contributed by atoms with Gasteiger partial charge < -0.3 is 33.5 Å². The van der Waals surface area contributed by atoms with Gasteiger partial charge in [0.1, 0.15) is 12.4 Å². The van der Waals surface area contributed by atoms with Crippen LogP contribution in [0.5, 0.6) is 5.75 Å². The van der Waals surface area contributed by atoms with Gasteiger partial charge in [-0.1, -0.05) is 12.1 Å². The van der Waals surface area contributed by atoms with Crippen LogP contribution in [0, 0.1) is 10.1 Å². The predicted octanol–water partition coefficient (Wildman–Crippen LogP) is 3.36. The maximum absolute atomic E-state index is 11.8. The third kappa shape index (κ3) is 9.63. The van der Waals surface area contributed by atoms with Crippen molar-refractivity contribution in [3.8, 4) is 5.75 Å². The second kappa shape index (κ2) is 15.8. The van der Waals surface area contributed by atoms with E-state index in [4.69, 9.17) is 18.9 Å². The standard InChI is InChI=1S/C28H37N3O8/c1-29(2)10-11-30-12-13-36-14-15-37-16-17-38-18-19-39-27-20-22(5-9-25(27)30)4-6-23-7-8-24(28(32)35-3)21-26(23)31(33)34/h4-9,20-21H,10-19H2,1-3H3/b6-4+. The van der Waals surface area contributed by atoms with Crippen molar-refractivity contribution in [2.24, 2.45) is 0 Å². The lowest BCUT2D eigenvalue weighted by atomic mass is 10.1. The maximum atomic E-state index is 11.8. The number of nitro benzene ring substituents is 1. The van der Waals surface area contributed by atoms with Crippen LogP contribution in [-0.4, -0.2) is 103 Å². The van der Waals surface area contributed by atoms with Gasteiger partial charge in [-0.2, -0.15) is 0 Å². The van der Waals surface area contributed by atoms with Crippen LogP contribution in [0.25, 0.3) is 12.2 Å². The number of ether oxygens (including phenoxy) is 5. The highest BCUT2D eigenvalue weighted by Gasteiger charge is 2.17. The minimum Gasteiger partial charge on any atom is -0.489 e. The summed E-state index contributed by atoms with van der Waals surface area (Å²) in [6.07, 6.45) is 3.43. The second-order valence-corrected chi connectivity index (χ2v) is 9.06. The average Bonchev–Trinajstić information content (AvgIpc) is 2.94. The van der Waals surface area contributed by atoms with Crippen molar-refractivity contribution in [3.05, 3.63) is 63.2 Å². The lowest BCUT2D eigenvalue weighted by molar-refractivity contribution is -0.385. The maximum Gasteiger partial charge on any atom is 0.338 e. The number of esters is 1. The predicted molar refractivity (Wildman–Crippen MR) is 149 cm³/mol. The molecule has 0 radical (unpaired) electrons. The van der Waals surface area contributed by atoms with E-state index >= 15 is 0 Å². The van der Waals surface area contributed by atoms with Gasteiger partial charge >= 0.3 is 5.97 Å². The Kier molecular flexibility index (Phi) is 12.2. The largest absolute Gasteiger partial charge is 0.489 e. The molecular formula is C28H37N3O8. The van der Waals surface area contributed by atoms with Crippen LogP contribution in [0.15, 0.2) is 36.4 Å². The molecule has 2 aromatic carbocycles. The van der Waals surface area contributed by atoms with E-state index in [9.17, 15) is 14.9 Å². The van der Waals surface area contributed by atoms with Gasteiger partial charge in [-0.15, -0.1) is 0 Å². The topological polar surface area (TPSA) is 113 Å². The van der Waals surface area contributed by atoms with Gasteiger partial charge in [0.2, 0.25) is 0 Å². The molecule has 2 aromatic rings. The van der Waals surface area contributed by atoms with Crippen LogP contribution in [0.4, 0.5) is 11.4 Å². The van der Waals surface area contributed by atoms with Gasteiger partial charge in [0.15, 0.2) is 0 Å². The Bertz CT molecular complexity index is 1120. The fourth-order valence-electron chi connectivity index (χ4n) is 3.89. The minimum absolute atomic E-state index is 0.118.